The molecule has 1 aromatic heterocycles. The van der Waals surface area contributed by atoms with E-state index >= 15 is 0 Å². The fourth-order valence-electron chi connectivity index (χ4n) is 3.07. The van der Waals surface area contributed by atoms with Crippen molar-refractivity contribution in [3.8, 4) is 29.3 Å². The number of allylic oxidation sites excluding steroid dienone is 1. The highest BCUT2D eigenvalue weighted by molar-refractivity contribution is 5.91. The standard InChI is InChI=1S/C25H17N5O/c26-16-19(15-18-11-13-22(14-12-18)31-21-9-5-2-6-10-21)24-23(17-27)25(28)30(29-24)20-7-3-1-4-8-20/h1-15H,28H2. The van der Waals surface area contributed by atoms with Gasteiger partial charge in [0.05, 0.1) is 11.3 Å². The Morgan fingerprint density at radius 3 is 2.10 bits per heavy atom. The van der Waals surface area contributed by atoms with Crippen molar-refractivity contribution >= 4 is 17.5 Å². The van der Waals surface area contributed by atoms with E-state index < -0.39 is 0 Å². The van der Waals surface area contributed by atoms with E-state index in [4.69, 9.17) is 10.5 Å². The minimum Gasteiger partial charge on any atom is -0.457 e. The molecule has 6 heteroatoms. The topological polar surface area (TPSA) is 101 Å². The van der Waals surface area contributed by atoms with Crippen molar-refractivity contribution in [1.29, 1.82) is 10.5 Å². The van der Waals surface area contributed by atoms with E-state index in [0.717, 1.165) is 11.3 Å². The average Bonchev–Trinajstić information content (AvgIpc) is 3.15. The van der Waals surface area contributed by atoms with Gasteiger partial charge in [0.2, 0.25) is 0 Å². The summed E-state index contributed by atoms with van der Waals surface area (Å²) in [5, 5.41) is 23.8. The first-order chi connectivity index (χ1) is 15.2. The van der Waals surface area contributed by atoms with Gasteiger partial charge in [0.1, 0.15) is 40.7 Å². The SMILES string of the molecule is N#CC(=Cc1ccc(Oc2ccccc2)cc1)c1nn(-c2ccccc2)c(N)c1C#N. The summed E-state index contributed by atoms with van der Waals surface area (Å²) < 4.78 is 7.26. The zero-order valence-corrected chi connectivity index (χ0v) is 16.4. The lowest BCUT2D eigenvalue weighted by Gasteiger charge is -2.05. The smallest absolute Gasteiger partial charge is 0.145 e. The summed E-state index contributed by atoms with van der Waals surface area (Å²) in [4.78, 5) is 0. The van der Waals surface area contributed by atoms with Crippen molar-refractivity contribution < 1.29 is 4.74 Å². The third-order valence-corrected chi connectivity index (χ3v) is 4.58. The Balaban J connectivity index is 1.66. The maximum Gasteiger partial charge on any atom is 0.145 e. The lowest BCUT2D eigenvalue weighted by atomic mass is 10.1. The number of nitrogens with zero attached hydrogens (tertiary/aromatic N) is 4. The van der Waals surface area contributed by atoms with Crippen molar-refractivity contribution in [2.24, 2.45) is 0 Å². The van der Waals surface area contributed by atoms with Gasteiger partial charge < -0.3 is 10.5 Å². The van der Waals surface area contributed by atoms with E-state index in [1.54, 1.807) is 6.08 Å². The average molecular weight is 403 g/mol. The van der Waals surface area contributed by atoms with Crippen molar-refractivity contribution in [1.82, 2.24) is 9.78 Å². The van der Waals surface area contributed by atoms with Crippen LogP contribution >= 0.6 is 0 Å². The molecular weight excluding hydrogens is 386 g/mol. The van der Waals surface area contributed by atoms with Crippen LogP contribution in [0.15, 0.2) is 84.9 Å². The molecule has 4 aromatic rings. The lowest BCUT2D eigenvalue weighted by molar-refractivity contribution is 0.482. The van der Waals surface area contributed by atoms with Gasteiger partial charge in [-0.2, -0.15) is 15.6 Å². The molecule has 0 aliphatic carbocycles. The van der Waals surface area contributed by atoms with Crippen molar-refractivity contribution in [3.05, 3.63) is 102 Å². The Kier molecular flexibility index (Phi) is 5.47. The predicted molar refractivity (Wildman–Crippen MR) is 119 cm³/mol. The second kappa shape index (κ2) is 8.69. The highest BCUT2D eigenvalue weighted by Gasteiger charge is 2.19. The van der Waals surface area contributed by atoms with Gasteiger partial charge >= 0.3 is 0 Å². The molecule has 148 valence electrons. The van der Waals surface area contributed by atoms with Crippen LogP contribution in [0.4, 0.5) is 5.82 Å². The predicted octanol–water partition coefficient (Wildman–Crippen LogP) is 5.18. The number of nitrogens with two attached hydrogens (primary N) is 1. The van der Waals surface area contributed by atoms with E-state index in [-0.39, 0.29) is 22.6 Å². The largest absolute Gasteiger partial charge is 0.457 e. The number of ether oxygens (including phenoxy) is 1. The Morgan fingerprint density at radius 2 is 1.48 bits per heavy atom. The molecule has 0 spiro atoms. The number of nitriles is 2. The molecule has 4 rings (SSSR count). The summed E-state index contributed by atoms with van der Waals surface area (Å²) in [7, 11) is 0. The molecule has 2 N–H and O–H groups in total. The Morgan fingerprint density at radius 1 is 0.871 bits per heavy atom. The van der Waals surface area contributed by atoms with E-state index in [2.05, 4.69) is 17.2 Å². The summed E-state index contributed by atoms with van der Waals surface area (Å²) >= 11 is 0. The molecule has 0 aliphatic heterocycles. The first-order valence-electron chi connectivity index (χ1n) is 9.49. The first-order valence-corrected chi connectivity index (χ1v) is 9.49. The molecule has 0 radical (unpaired) electrons. The van der Waals surface area contributed by atoms with Crippen LogP contribution in [0.1, 0.15) is 16.8 Å². The zero-order chi connectivity index (χ0) is 21.6. The van der Waals surface area contributed by atoms with Gasteiger partial charge in [0.15, 0.2) is 0 Å². The van der Waals surface area contributed by atoms with Crippen LogP contribution in [0.25, 0.3) is 17.3 Å². The number of rotatable bonds is 5. The molecule has 0 saturated heterocycles. The van der Waals surface area contributed by atoms with Crippen LogP contribution in [0.2, 0.25) is 0 Å². The molecule has 0 amide bonds. The van der Waals surface area contributed by atoms with Crippen LogP contribution < -0.4 is 10.5 Å². The lowest BCUT2D eigenvalue weighted by Crippen LogP contribution is -2.02. The number of hydrogen-bond acceptors (Lipinski definition) is 5. The van der Waals surface area contributed by atoms with Gasteiger partial charge in [0, 0.05) is 0 Å². The molecular formula is C25H17N5O. The highest BCUT2D eigenvalue weighted by Crippen LogP contribution is 2.28. The first kappa shape index (κ1) is 19.5. The van der Waals surface area contributed by atoms with Crippen LogP contribution in [0, 0.1) is 22.7 Å². The van der Waals surface area contributed by atoms with E-state index in [0.29, 0.717) is 11.4 Å². The summed E-state index contributed by atoms with van der Waals surface area (Å²) in [6.07, 6.45) is 1.67. The van der Waals surface area contributed by atoms with E-state index in [1.807, 2.05) is 84.9 Å². The van der Waals surface area contributed by atoms with Gasteiger partial charge in [0.25, 0.3) is 0 Å². The molecule has 3 aromatic carbocycles. The van der Waals surface area contributed by atoms with Gasteiger partial charge in [-0.3, -0.25) is 0 Å². The quantitative estimate of drug-likeness (QED) is 0.463. The number of para-hydroxylation sites is 2. The van der Waals surface area contributed by atoms with Gasteiger partial charge in [-0.05, 0) is 48.0 Å². The van der Waals surface area contributed by atoms with Crippen molar-refractivity contribution in [2.75, 3.05) is 5.73 Å². The summed E-state index contributed by atoms with van der Waals surface area (Å²) in [5.74, 6) is 1.61. The van der Waals surface area contributed by atoms with Crippen LogP contribution in [0.5, 0.6) is 11.5 Å². The Labute approximate surface area is 179 Å². The second-order valence-electron chi connectivity index (χ2n) is 6.62. The number of aromatic nitrogens is 2. The number of hydrogen-bond donors (Lipinski definition) is 1. The van der Waals surface area contributed by atoms with Gasteiger partial charge in [-0.25, -0.2) is 4.68 Å². The summed E-state index contributed by atoms with van der Waals surface area (Å²) in [6.45, 7) is 0. The van der Waals surface area contributed by atoms with Gasteiger partial charge in [-0.1, -0.05) is 48.5 Å². The molecule has 1 heterocycles. The molecule has 0 aliphatic rings. The Hall–Kier alpha value is -4.81. The third-order valence-electron chi connectivity index (χ3n) is 4.58. The molecule has 0 fully saturated rings. The van der Waals surface area contributed by atoms with Crippen molar-refractivity contribution in [3.63, 3.8) is 0 Å². The minimum atomic E-state index is 0.167. The fraction of sp³-hybridized carbons (Fsp3) is 0. The number of anilines is 1. The molecule has 0 bridgehead atoms. The Bertz CT molecular complexity index is 1310. The van der Waals surface area contributed by atoms with Crippen LogP contribution in [-0.4, -0.2) is 9.78 Å². The molecule has 31 heavy (non-hydrogen) atoms. The number of nitrogen functional groups attached to an aromatic ring is 1. The second-order valence-corrected chi connectivity index (χ2v) is 6.62. The fourth-order valence-corrected chi connectivity index (χ4v) is 3.07. The normalized spacial score (nSPS) is 10.8. The molecule has 0 unspecified atom stereocenters. The maximum absolute atomic E-state index is 9.74. The van der Waals surface area contributed by atoms with E-state index in [9.17, 15) is 10.5 Å². The highest BCUT2D eigenvalue weighted by atomic mass is 16.5. The molecule has 6 nitrogen and oxygen atoms in total. The van der Waals surface area contributed by atoms with E-state index in [1.165, 1.54) is 4.68 Å². The monoisotopic (exact) mass is 403 g/mol. The van der Waals surface area contributed by atoms with Crippen molar-refractivity contribution in [2.45, 2.75) is 0 Å². The zero-order valence-electron chi connectivity index (χ0n) is 16.4. The summed E-state index contributed by atoms with van der Waals surface area (Å²) in [5.41, 5.74) is 8.29. The molecule has 0 saturated carbocycles. The summed E-state index contributed by atoms with van der Waals surface area (Å²) in [6, 6.07) is 30.2. The maximum atomic E-state index is 9.74. The molecule has 0 atom stereocenters. The minimum absolute atomic E-state index is 0.167. The third kappa shape index (κ3) is 4.14. The van der Waals surface area contributed by atoms with Crippen LogP contribution in [0.3, 0.4) is 0 Å². The van der Waals surface area contributed by atoms with Crippen LogP contribution in [-0.2, 0) is 0 Å². The number of benzene rings is 3. The van der Waals surface area contributed by atoms with Gasteiger partial charge in [-0.15, -0.1) is 0 Å².